The van der Waals surface area contributed by atoms with E-state index >= 15 is 0 Å². The molecule has 0 spiro atoms. The molecule has 2 aliphatic rings. The van der Waals surface area contributed by atoms with Crippen LogP contribution in [0, 0.1) is 17.0 Å². The first-order valence-corrected chi connectivity index (χ1v) is 9.34. The molecule has 1 saturated carbocycles. The molecule has 28 heavy (non-hydrogen) atoms. The minimum atomic E-state index is -0.683. The lowest BCUT2D eigenvalue weighted by molar-refractivity contribution is 0.585. The van der Waals surface area contributed by atoms with Crippen molar-refractivity contribution >= 4 is 11.8 Å². The molecule has 1 aromatic carbocycles. The summed E-state index contributed by atoms with van der Waals surface area (Å²) in [5, 5.41) is 15.7. The number of hydrogen-bond acceptors (Lipinski definition) is 4. The van der Waals surface area contributed by atoms with Crippen molar-refractivity contribution in [3.8, 4) is 11.3 Å². The van der Waals surface area contributed by atoms with Gasteiger partial charge in [0.1, 0.15) is 29.0 Å². The highest BCUT2D eigenvalue weighted by Gasteiger charge is 2.27. The monoisotopic (exact) mass is 380 g/mol. The van der Waals surface area contributed by atoms with E-state index in [0.29, 0.717) is 23.1 Å². The molecular formula is C20H18F2N6. The van der Waals surface area contributed by atoms with Crippen molar-refractivity contribution in [3.05, 3.63) is 59.1 Å². The van der Waals surface area contributed by atoms with Crippen LogP contribution in [0.5, 0.6) is 0 Å². The van der Waals surface area contributed by atoms with Gasteiger partial charge in [0, 0.05) is 30.5 Å². The van der Waals surface area contributed by atoms with Gasteiger partial charge in [0.05, 0.1) is 11.4 Å². The molecule has 2 N–H and O–H groups in total. The number of hydrogen-bond donors (Lipinski definition) is 2. The molecule has 0 bridgehead atoms. The summed E-state index contributed by atoms with van der Waals surface area (Å²) in [5.41, 5.74) is 1.30. The SMILES string of the molecule is N=C(/C=C\c1n[nH]c(C2CC2)n1)c1c(-c2ccc(F)cc2F)nc2n1CCC2. The zero-order valence-corrected chi connectivity index (χ0v) is 15.0. The summed E-state index contributed by atoms with van der Waals surface area (Å²) in [6.07, 6.45) is 7.24. The Hall–Kier alpha value is -3.16. The van der Waals surface area contributed by atoms with Gasteiger partial charge in [-0.25, -0.2) is 18.7 Å². The fourth-order valence-electron chi connectivity index (χ4n) is 3.61. The minimum Gasteiger partial charge on any atom is -0.326 e. The number of nitrogens with one attached hydrogen (secondary N) is 2. The first kappa shape index (κ1) is 17.0. The lowest BCUT2D eigenvalue weighted by atomic mass is 10.1. The van der Waals surface area contributed by atoms with Gasteiger partial charge in [-0.1, -0.05) is 0 Å². The molecule has 0 unspecified atom stereocenters. The Morgan fingerprint density at radius 1 is 1.25 bits per heavy atom. The van der Waals surface area contributed by atoms with Gasteiger partial charge in [-0.3, -0.25) is 10.5 Å². The van der Waals surface area contributed by atoms with Crippen molar-refractivity contribution < 1.29 is 8.78 Å². The van der Waals surface area contributed by atoms with Gasteiger partial charge < -0.3 is 4.57 Å². The van der Waals surface area contributed by atoms with Crippen LogP contribution >= 0.6 is 0 Å². The van der Waals surface area contributed by atoms with Crippen LogP contribution in [0.15, 0.2) is 24.3 Å². The number of imidazole rings is 1. The Bertz CT molecular complexity index is 1110. The van der Waals surface area contributed by atoms with Crippen molar-refractivity contribution in [1.29, 1.82) is 5.41 Å². The zero-order valence-electron chi connectivity index (χ0n) is 15.0. The van der Waals surface area contributed by atoms with Gasteiger partial charge in [-0.05, 0) is 43.5 Å². The standard InChI is InChI=1S/C20H18F2N6/c21-12-5-6-13(14(22)10-12)18-19(28-9-1-2-17(28)25-18)15(23)7-8-16-24-20(27-26-16)11-3-4-11/h5-8,10-11,23H,1-4,9H2,(H,24,26,27)/b8-7-,23-15?. The molecule has 3 aromatic rings. The third-order valence-electron chi connectivity index (χ3n) is 5.15. The van der Waals surface area contributed by atoms with Crippen molar-refractivity contribution in [2.24, 2.45) is 0 Å². The highest BCUT2D eigenvalue weighted by atomic mass is 19.1. The van der Waals surface area contributed by atoms with Gasteiger partial charge in [-0.2, -0.15) is 5.10 Å². The van der Waals surface area contributed by atoms with Gasteiger partial charge in [0.25, 0.3) is 0 Å². The van der Waals surface area contributed by atoms with Crippen molar-refractivity contribution in [1.82, 2.24) is 24.7 Å². The number of nitrogens with zero attached hydrogens (tertiary/aromatic N) is 4. The normalized spacial score (nSPS) is 16.1. The number of halogens is 2. The summed E-state index contributed by atoms with van der Waals surface area (Å²) in [6.45, 7) is 0.725. The third-order valence-corrected chi connectivity index (χ3v) is 5.15. The summed E-state index contributed by atoms with van der Waals surface area (Å²) in [6, 6.07) is 3.43. The molecule has 1 fully saturated rings. The molecule has 142 valence electrons. The number of H-pyrrole nitrogens is 1. The Morgan fingerprint density at radius 3 is 2.89 bits per heavy atom. The zero-order chi connectivity index (χ0) is 19.3. The molecule has 0 saturated heterocycles. The van der Waals surface area contributed by atoms with Crippen molar-refractivity contribution in [2.45, 2.75) is 38.1 Å². The number of aromatic nitrogens is 5. The maximum Gasteiger partial charge on any atom is 0.173 e. The minimum absolute atomic E-state index is 0.192. The third kappa shape index (κ3) is 2.94. The average molecular weight is 380 g/mol. The van der Waals surface area contributed by atoms with Crippen LogP contribution in [0.2, 0.25) is 0 Å². The van der Waals surface area contributed by atoms with Crippen LogP contribution in [0.1, 0.15) is 48.3 Å². The van der Waals surface area contributed by atoms with Crippen LogP contribution in [0.3, 0.4) is 0 Å². The van der Waals surface area contributed by atoms with Crippen LogP contribution in [-0.2, 0) is 13.0 Å². The fraction of sp³-hybridized carbons (Fsp3) is 0.300. The molecule has 0 radical (unpaired) electrons. The smallest absolute Gasteiger partial charge is 0.173 e. The number of aromatic amines is 1. The van der Waals surface area contributed by atoms with E-state index in [1.165, 1.54) is 12.1 Å². The number of aryl methyl sites for hydroxylation is 1. The molecule has 2 aromatic heterocycles. The van der Waals surface area contributed by atoms with Gasteiger partial charge in [0.2, 0.25) is 0 Å². The van der Waals surface area contributed by atoms with Crippen molar-refractivity contribution in [2.75, 3.05) is 0 Å². The highest BCUT2D eigenvalue weighted by molar-refractivity contribution is 6.11. The second-order valence-corrected chi connectivity index (χ2v) is 7.20. The molecule has 3 heterocycles. The van der Waals surface area contributed by atoms with E-state index < -0.39 is 11.6 Å². The lowest BCUT2D eigenvalue weighted by Crippen LogP contribution is -2.07. The van der Waals surface area contributed by atoms with E-state index in [2.05, 4.69) is 20.2 Å². The van der Waals surface area contributed by atoms with E-state index in [9.17, 15) is 8.78 Å². The van der Waals surface area contributed by atoms with Gasteiger partial charge in [-0.15, -0.1) is 0 Å². The van der Waals surface area contributed by atoms with Gasteiger partial charge >= 0.3 is 0 Å². The van der Waals surface area contributed by atoms with E-state index in [1.54, 1.807) is 12.2 Å². The Balaban J connectivity index is 1.51. The molecular weight excluding hydrogens is 362 g/mol. The molecule has 1 aliphatic carbocycles. The molecule has 6 nitrogen and oxygen atoms in total. The quantitative estimate of drug-likeness (QED) is 0.660. The maximum atomic E-state index is 14.4. The molecule has 1 aliphatic heterocycles. The summed E-state index contributed by atoms with van der Waals surface area (Å²) >= 11 is 0. The summed E-state index contributed by atoms with van der Waals surface area (Å²) in [4.78, 5) is 8.98. The Labute approximate surface area is 159 Å². The second-order valence-electron chi connectivity index (χ2n) is 7.20. The highest BCUT2D eigenvalue weighted by Crippen LogP contribution is 2.37. The van der Waals surface area contributed by atoms with E-state index in [-0.39, 0.29) is 11.3 Å². The predicted octanol–water partition coefficient (Wildman–Crippen LogP) is 3.85. The molecule has 5 rings (SSSR count). The van der Waals surface area contributed by atoms with Gasteiger partial charge in [0.15, 0.2) is 5.82 Å². The summed E-state index contributed by atoms with van der Waals surface area (Å²) in [5.74, 6) is 1.37. The lowest BCUT2D eigenvalue weighted by Gasteiger charge is -2.08. The number of fused-ring (bicyclic) bond motifs is 1. The molecule has 0 atom stereocenters. The Kier molecular flexibility index (Phi) is 3.92. The topological polar surface area (TPSA) is 83.2 Å². The first-order valence-electron chi connectivity index (χ1n) is 9.34. The first-order chi connectivity index (χ1) is 13.6. The largest absolute Gasteiger partial charge is 0.326 e. The second kappa shape index (κ2) is 6.47. The Morgan fingerprint density at radius 2 is 2.11 bits per heavy atom. The van der Waals surface area contributed by atoms with E-state index in [1.807, 2.05) is 4.57 Å². The van der Waals surface area contributed by atoms with E-state index in [0.717, 1.165) is 49.9 Å². The van der Waals surface area contributed by atoms with Crippen LogP contribution in [-0.4, -0.2) is 30.4 Å². The number of allylic oxidation sites excluding steroid dienone is 1. The number of rotatable bonds is 5. The maximum absolute atomic E-state index is 14.4. The fourth-order valence-corrected chi connectivity index (χ4v) is 3.61. The summed E-state index contributed by atoms with van der Waals surface area (Å²) < 4.78 is 29.6. The van der Waals surface area contributed by atoms with Crippen LogP contribution < -0.4 is 0 Å². The molecule has 8 heteroatoms. The van der Waals surface area contributed by atoms with Crippen LogP contribution in [0.4, 0.5) is 8.78 Å². The summed E-state index contributed by atoms with van der Waals surface area (Å²) in [7, 11) is 0. The average Bonchev–Trinajstić information content (AvgIpc) is 3.09. The molecule has 0 amide bonds. The number of benzene rings is 1. The van der Waals surface area contributed by atoms with Crippen LogP contribution in [0.25, 0.3) is 17.3 Å². The predicted molar refractivity (Wildman–Crippen MR) is 100 cm³/mol. The van der Waals surface area contributed by atoms with E-state index in [4.69, 9.17) is 5.41 Å². The van der Waals surface area contributed by atoms with Crippen molar-refractivity contribution in [3.63, 3.8) is 0 Å².